The molecule has 0 saturated carbocycles. The number of anilines is 3. The zero-order valence-electron chi connectivity index (χ0n) is 17.4. The number of carbonyl (C=O) groups is 1. The molecule has 0 unspecified atom stereocenters. The van der Waals surface area contributed by atoms with Gasteiger partial charge in [-0.05, 0) is 36.4 Å². The first kappa shape index (κ1) is 21.4. The molecule has 0 spiro atoms. The third kappa shape index (κ3) is 5.07. The van der Waals surface area contributed by atoms with Crippen LogP contribution >= 0.6 is 0 Å². The minimum absolute atomic E-state index is 0.211. The predicted molar refractivity (Wildman–Crippen MR) is 125 cm³/mol. The van der Waals surface area contributed by atoms with Gasteiger partial charge in [-0.1, -0.05) is 18.2 Å². The summed E-state index contributed by atoms with van der Waals surface area (Å²) in [4.78, 5) is 15.4. The molecule has 166 valence electrons. The molecule has 2 aromatic carbocycles. The highest BCUT2D eigenvalue weighted by molar-refractivity contribution is 6.05. The fourth-order valence-corrected chi connectivity index (χ4v) is 3.21. The third-order valence-electron chi connectivity index (χ3n) is 4.62. The molecule has 0 bridgehead atoms. The van der Waals surface area contributed by atoms with E-state index in [-0.39, 0.29) is 18.1 Å². The number of carboxylic acids is 1. The third-order valence-corrected chi connectivity index (χ3v) is 4.62. The zero-order chi connectivity index (χ0) is 23.4. The minimum atomic E-state index is -1.00. The summed E-state index contributed by atoms with van der Waals surface area (Å²) in [7, 11) is 0. The number of hydrogen-bond donors (Lipinski definition) is 5. The standard InChI is InChI=1S/C23H21N7O3/c24-17-12-19(27-18-10-11-30(29-18)13-20(31)32)28-22(21(17)23(25)26)14-6-8-16(9-7-14)33-15-4-2-1-3-5-15/h1-12H,13H2,(H3,25,26)(H,31,32)(H3,24,27,28,29). The van der Waals surface area contributed by atoms with E-state index in [1.165, 1.54) is 10.9 Å². The minimum Gasteiger partial charge on any atom is -0.480 e. The molecule has 33 heavy (non-hydrogen) atoms. The van der Waals surface area contributed by atoms with Crippen molar-refractivity contribution >= 4 is 29.1 Å². The summed E-state index contributed by atoms with van der Waals surface area (Å²) in [6, 6.07) is 19.8. The molecule has 10 heteroatoms. The number of pyridine rings is 1. The number of aromatic nitrogens is 3. The number of amidine groups is 1. The van der Waals surface area contributed by atoms with E-state index in [2.05, 4.69) is 15.4 Å². The van der Waals surface area contributed by atoms with Crippen molar-refractivity contribution in [2.75, 3.05) is 11.1 Å². The molecule has 10 nitrogen and oxygen atoms in total. The Hall–Kier alpha value is -4.86. The van der Waals surface area contributed by atoms with Crippen molar-refractivity contribution < 1.29 is 14.6 Å². The van der Waals surface area contributed by atoms with Crippen LogP contribution in [0.5, 0.6) is 11.5 Å². The summed E-state index contributed by atoms with van der Waals surface area (Å²) in [6.07, 6.45) is 1.54. The van der Waals surface area contributed by atoms with E-state index in [4.69, 9.17) is 26.7 Å². The van der Waals surface area contributed by atoms with Crippen LogP contribution in [-0.4, -0.2) is 31.7 Å². The predicted octanol–water partition coefficient (Wildman–Crippen LogP) is 3.43. The van der Waals surface area contributed by atoms with Gasteiger partial charge in [0.2, 0.25) is 0 Å². The van der Waals surface area contributed by atoms with Crippen LogP contribution in [0.15, 0.2) is 72.9 Å². The molecule has 0 atom stereocenters. The second-order valence-electron chi connectivity index (χ2n) is 7.09. The van der Waals surface area contributed by atoms with Crippen molar-refractivity contribution in [2.24, 2.45) is 5.73 Å². The molecular weight excluding hydrogens is 422 g/mol. The van der Waals surface area contributed by atoms with Crippen molar-refractivity contribution in [3.63, 3.8) is 0 Å². The second kappa shape index (κ2) is 9.10. The number of nitrogen functional groups attached to an aromatic ring is 2. The van der Waals surface area contributed by atoms with E-state index in [0.29, 0.717) is 40.0 Å². The summed E-state index contributed by atoms with van der Waals surface area (Å²) in [5.41, 5.74) is 13.7. The van der Waals surface area contributed by atoms with Crippen LogP contribution < -0.4 is 21.5 Å². The Kier molecular flexibility index (Phi) is 5.90. The topological polar surface area (TPSA) is 165 Å². The van der Waals surface area contributed by atoms with Crippen LogP contribution in [0.3, 0.4) is 0 Å². The first-order chi connectivity index (χ1) is 15.9. The highest BCUT2D eigenvalue weighted by Crippen LogP contribution is 2.31. The Balaban J connectivity index is 1.63. The molecular formula is C23H21N7O3. The van der Waals surface area contributed by atoms with Crippen LogP contribution in [0.4, 0.5) is 17.3 Å². The number of nitrogens with zero attached hydrogens (tertiary/aromatic N) is 3. The molecule has 2 aromatic heterocycles. The Bertz CT molecular complexity index is 1300. The van der Waals surface area contributed by atoms with Crippen LogP contribution in [0, 0.1) is 5.41 Å². The lowest BCUT2D eigenvalue weighted by molar-refractivity contribution is -0.137. The lowest BCUT2D eigenvalue weighted by Gasteiger charge is -2.14. The van der Waals surface area contributed by atoms with Crippen molar-refractivity contribution in [3.8, 4) is 22.8 Å². The Labute approximate surface area is 189 Å². The first-order valence-corrected chi connectivity index (χ1v) is 9.89. The lowest BCUT2D eigenvalue weighted by Crippen LogP contribution is -2.16. The van der Waals surface area contributed by atoms with Crippen LogP contribution in [0.1, 0.15) is 5.56 Å². The van der Waals surface area contributed by atoms with Crippen molar-refractivity contribution in [1.29, 1.82) is 5.41 Å². The van der Waals surface area contributed by atoms with Gasteiger partial charge >= 0.3 is 5.97 Å². The fraction of sp³-hybridized carbons (Fsp3) is 0.0435. The summed E-state index contributed by atoms with van der Waals surface area (Å²) in [5, 5.41) is 24.0. The molecule has 4 aromatic rings. The lowest BCUT2D eigenvalue weighted by atomic mass is 10.0. The molecule has 0 radical (unpaired) electrons. The van der Waals surface area contributed by atoms with Gasteiger partial charge in [-0.25, -0.2) is 4.98 Å². The number of nitrogens with two attached hydrogens (primary N) is 2. The van der Waals surface area contributed by atoms with Gasteiger partial charge in [0, 0.05) is 29.6 Å². The van der Waals surface area contributed by atoms with E-state index >= 15 is 0 Å². The monoisotopic (exact) mass is 443 g/mol. The molecule has 0 fully saturated rings. The van der Waals surface area contributed by atoms with Gasteiger partial charge in [0.25, 0.3) is 0 Å². The molecule has 7 N–H and O–H groups in total. The molecule has 0 aliphatic heterocycles. The molecule has 0 aliphatic rings. The van der Waals surface area contributed by atoms with Crippen molar-refractivity contribution in [3.05, 3.63) is 78.5 Å². The number of nitrogens with one attached hydrogen (secondary N) is 2. The van der Waals surface area contributed by atoms with Crippen LogP contribution in [-0.2, 0) is 11.3 Å². The maximum absolute atomic E-state index is 10.9. The number of carboxylic acid groups (broad SMARTS) is 1. The van der Waals surface area contributed by atoms with E-state index in [1.54, 1.807) is 36.4 Å². The Morgan fingerprint density at radius 1 is 1.06 bits per heavy atom. The van der Waals surface area contributed by atoms with Gasteiger partial charge < -0.3 is 26.6 Å². The summed E-state index contributed by atoms with van der Waals surface area (Å²) in [6.45, 7) is -0.261. The first-order valence-electron chi connectivity index (χ1n) is 9.89. The van der Waals surface area contributed by atoms with E-state index in [1.807, 2.05) is 30.3 Å². The number of rotatable bonds is 8. The molecule has 4 rings (SSSR count). The summed E-state index contributed by atoms with van der Waals surface area (Å²) >= 11 is 0. The fourth-order valence-electron chi connectivity index (χ4n) is 3.21. The van der Waals surface area contributed by atoms with Gasteiger partial charge in [0.1, 0.15) is 29.7 Å². The maximum atomic E-state index is 10.9. The number of benzene rings is 2. The summed E-state index contributed by atoms with van der Waals surface area (Å²) in [5.74, 6) is 0.914. The van der Waals surface area contributed by atoms with Gasteiger partial charge in [-0.2, -0.15) is 5.10 Å². The van der Waals surface area contributed by atoms with Crippen LogP contribution in [0.25, 0.3) is 11.3 Å². The molecule has 0 saturated heterocycles. The van der Waals surface area contributed by atoms with Gasteiger partial charge in [-0.15, -0.1) is 0 Å². The smallest absolute Gasteiger partial charge is 0.325 e. The van der Waals surface area contributed by atoms with Crippen molar-refractivity contribution in [2.45, 2.75) is 6.54 Å². The van der Waals surface area contributed by atoms with Gasteiger partial charge in [-0.3, -0.25) is 14.9 Å². The quantitative estimate of drug-likeness (QED) is 0.204. The van der Waals surface area contributed by atoms with E-state index < -0.39 is 5.97 Å². The highest BCUT2D eigenvalue weighted by Gasteiger charge is 2.16. The molecule has 0 amide bonds. The highest BCUT2D eigenvalue weighted by atomic mass is 16.5. The molecule has 0 aliphatic carbocycles. The normalized spacial score (nSPS) is 10.5. The number of aliphatic carboxylic acids is 1. The Morgan fingerprint density at radius 3 is 2.42 bits per heavy atom. The second-order valence-corrected chi connectivity index (χ2v) is 7.09. The van der Waals surface area contributed by atoms with Crippen molar-refractivity contribution in [1.82, 2.24) is 14.8 Å². The number of hydrogen-bond acceptors (Lipinski definition) is 7. The van der Waals surface area contributed by atoms with E-state index in [9.17, 15) is 4.79 Å². The Morgan fingerprint density at radius 2 is 1.76 bits per heavy atom. The van der Waals surface area contributed by atoms with Crippen LogP contribution in [0.2, 0.25) is 0 Å². The average Bonchev–Trinajstić information content (AvgIpc) is 3.20. The number of ether oxygens (including phenoxy) is 1. The zero-order valence-corrected chi connectivity index (χ0v) is 17.4. The average molecular weight is 443 g/mol. The van der Waals surface area contributed by atoms with Gasteiger partial charge in [0.15, 0.2) is 5.82 Å². The summed E-state index contributed by atoms with van der Waals surface area (Å²) < 4.78 is 7.11. The number of para-hydroxylation sites is 1. The largest absolute Gasteiger partial charge is 0.480 e. The molecule has 2 heterocycles. The maximum Gasteiger partial charge on any atom is 0.325 e. The SMILES string of the molecule is N=C(N)c1c(N)cc(Nc2ccn(CC(=O)O)n2)nc1-c1ccc(Oc2ccccc2)cc1. The van der Waals surface area contributed by atoms with E-state index in [0.717, 1.165) is 0 Å². The van der Waals surface area contributed by atoms with Gasteiger partial charge in [0.05, 0.1) is 11.3 Å².